The molecule has 12 aliphatic rings. The lowest BCUT2D eigenvalue weighted by Gasteiger charge is -2.54. The van der Waals surface area contributed by atoms with Gasteiger partial charge in [-0.2, -0.15) is 0 Å². The van der Waals surface area contributed by atoms with E-state index in [-0.39, 0.29) is 41.5 Å². The molecule has 2 atom stereocenters. The van der Waals surface area contributed by atoms with Gasteiger partial charge < -0.3 is 25.7 Å². The number of nitrogens with zero attached hydrogens (tertiary/aromatic N) is 2. The Morgan fingerprint density at radius 2 is 1.11 bits per heavy atom. The highest BCUT2D eigenvalue weighted by atomic mass is 16.4. The van der Waals surface area contributed by atoms with Gasteiger partial charge in [0.2, 0.25) is 6.08 Å². The SMILES string of the molecule is Cc1ccc2c(c1)C1(CCN(C(=O)NC3C4CC5CC(C4)CC3C5)CC1)CC2CC(=O)O.Cc1ccc2c(c1)C1(CCNCC1)CC2CC(=O)O.O=C=NC1C2CC3CC(C2)CC1C3. The summed E-state index contributed by atoms with van der Waals surface area (Å²) in [6, 6.07) is 14.0. The summed E-state index contributed by atoms with van der Waals surface area (Å²) in [6.45, 7) is 7.88. The Morgan fingerprint density at radius 1 is 0.672 bits per heavy atom. The summed E-state index contributed by atoms with van der Waals surface area (Å²) in [5, 5.41) is 25.5. The molecule has 2 spiro atoms. The topological polar surface area (TPSA) is 148 Å². The number of piperidine rings is 2. The van der Waals surface area contributed by atoms with Crippen LogP contribution in [0.15, 0.2) is 41.4 Å². The van der Waals surface area contributed by atoms with Crippen LogP contribution in [0.4, 0.5) is 4.79 Å². The number of nitrogens with one attached hydrogen (secondary N) is 2. The zero-order valence-electron chi connectivity index (χ0n) is 38.4. The highest BCUT2D eigenvalue weighted by molar-refractivity contribution is 5.75. The van der Waals surface area contributed by atoms with Crippen molar-refractivity contribution in [3.63, 3.8) is 0 Å². The highest BCUT2D eigenvalue weighted by Gasteiger charge is 2.51. The second-order valence-electron chi connectivity index (χ2n) is 23.0. The van der Waals surface area contributed by atoms with Gasteiger partial charge in [-0.3, -0.25) is 9.59 Å². The fourth-order valence-electron chi connectivity index (χ4n) is 16.7. The lowest BCUT2D eigenvalue weighted by atomic mass is 9.54. The Labute approximate surface area is 380 Å². The first kappa shape index (κ1) is 43.9. The summed E-state index contributed by atoms with van der Waals surface area (Å²) in [7, 11) is 0. The molecule has 2 aromatic rings. The van der Waals surface area contributed by atoms with Crippen LogP contribution in [0, 0.1) is 61.2 Å². The average Bonchev–Trinajstić information content (AvgIpc) is 3.69. The van der Waals surface area contributed by atoms with Gasteiger partial charge in [0.05, 0.1) is 18.9 Å². The number of urea groups is 1. The predicted octanol–water partition coefficient (Wildman–Crippen LogP) is 9.55. The monoisotopic (exact) mass is 873 g/mol. The molecule has 2 saturated heterocycles. The van der Waals surface area contributed by atoms with Gasteiger partial charge in [0.15, 0.2) is 0 Å². The maximum Gasteiger partial charge on any atom is 0.317 e. The van der Waals surface area contributed by atoms with Crippen molar-refractivity contribution >= 4 is 24.0 Å². The van der Waals surface area contributed by atoms with Crippen LogP contribution in [0.2, 0.25) is 0 Å². The fraction of sp³-hybridized carbons (Fsp3) is 0.704. The Morgan fingerprint density at radius 3 is 1.55 bits per heavy atom. The third kappa shape index (κ3) is 8.48. The van der Waals surface area contributed by atoms with Crippen molar-refractivity contribution in [2.45, 2.75) is 164 Å². The molecule has 10 fully saturated rings. The molecule has 2 amide bonds. The first-order valence-corrected chi connectivity index (χ1v) is 25.4. The van der Waals surface area contributed by atoms with Crippen LogP contribution in [-0.2, 0) is 25.2 Å². The molecule has 10 nitrogen and oxygen atoms in total. The second-order valence-corrected chi connectivity index (χ2v) is 23.0. The summed E-state index contributed by atoms with van der Waals surface area (Å²) in [5.41, 5.74) is 8.08. The first-order chi connectivity index (χ1) is 30.9. The zero-order chi connectivity index (χ0) is 44.3. The molecule has 0 radical (unpaired) electrons. The number of aliphatic imine (C=N–C) groups is 1. The van der Waals surface area contributed by atoms with Gasteiger partial charge in [0.1, 0.15) is 0 Å². The molecule has 8 bridgehead atoms. The number of fused-ring (bicyclic) bond motifs is 4. The average molecular weight is 873 g/mol. The van der Waals surface area contributed by atoms with Crippen molar-refractivity contribution in [2.24, 2.45) is 52.3 Å². The van der Waals surface area contributed by atoms with Crippen molar-refractivity contribution in [1.82, 2.24) is 15.5 Å². The maximum absolute atomic E-state index is 13.2. The molecule has 2 unspecified atom stereocenters. The van der Waals surface area contributed by atoms with Gasteiger partial charge in [-0.15, -0.1) is 0 Å². The number of benzene rings is 2. The normalized spacial score (nSPS) is 35.9. The van der Waals surface area contributed by atoms with E-state index in [0.29, 0.717) is 23.9 Å². The minimum absolute atomic E-state index is 0.0286. The number of isocyanates is 1. The Balaban J connectivity index is 0.000000127. The number of carboxylic acids is 2. The number of hydrogen-bond acceptors (Lipinski definition) is 6. The molecule has 2 aliphatic heterocycles. The quantitative estimate of drug-likeness (QED) is 0.167. The maximum atomic E-state index is 13.2. The third-order valence-corrected chi connectivity index (χ3v) is 19.0. The molecule has 2 aromatic carbocycles. The molecule has 8 saturated carbocycles. The lowest BCUT2D eigenvalue weighted by Crippen LogP contribution is -2.59. The van der Waals surface area contributed by atoms with Gasteiger partial charge in [0.25, 0.3) is 0 Å². The molecule has 14 rings (SSSR count). The van der Waals surface area contributed by atoms with E-state index in [1.807, 2.05) is 4.90 Å². The zero-order valence-corrected chi connectivity index (χ0v) is 38.4. The van der Waals surface area contributed by atoms with Crippen molar-refractivity contribution < 1.29 is 29.4 Å². The summed E-state index contributed by atoms with van der Waals surface area (Å²) < 4.78 is 0. The number of amides is 2. The van der Waals surface area contributed by atoms with E-state index in [1.54, 1.807) is 6.08 Å². The van der Waals surface area contributed by atoms with Crippen LogP contribution in [-0.4, -0.2) is 77.4 Å². The predicted molar refractivity (Wildman–Crippen MR) is 246 cm³/mol. The number of aryl methyl sites for hydroxylation is 2. The van der Waals surface area contributed by atoms with E-state index in [4.69, 9.17) is 5.11 Å². The third-order valence-electron chi connectivity index (χ3n) is 19.0. The van der Waals surface area contributed by atoms with E-state index in [1.165, 1.54) is 97.6 Å². The lowest BCUT2D eigenvalue weighted by molar-refractivity contribution is -0.138. The number of rotatable bonds is 6. The van der Waals surface area contributed by atoms with Gasteiger partial charge in [0, 0.05) is 19.1 Å². The summed E-state index contributed by atoms with van der Waals surface area (Å²) >= 11 is 0. The number of carbonyl (C=O) groups excluding carboxylic acids is 2. The van der Waals surface area contributed by atoms with E-state index in [0.717, 1.165) is 100 Å². The smallest absolute Gasteiger partial charge is 0.317 e. The van der Waals surface area contributed by atoms with Crippen LogP contribution < -0.4 is 10.6 Å². The molecule has 10 aliphatic carbocycles. The molecular formula is C54H72N4O6. The minimum Gasteiger partial charge on any atom is -0.481 e. The Hall–Kier alpha value is -4.01. The van der Waals surface area contributed by atoms with Crippen molar-refractivity contribution in [2.75, 3.05) is 26.2 Å². The van der Waals surface area contributed by atoms with Crippen molar-refractivity contribution in [1.29, 1.82) is 0 Å². The number of carbonyl (C=O) groups is 3. The summed E-state index contributed by atoms with van der Waals surface area (Å²) in [4.78, 5) is 52.2. The van der Waals surface area contributed by atoms with Crippen LogP contribution in [0.3, 0.4) is 0 Å². The van der Waals surface area contributed by atoms with Gasteiger partial charge >= 0.3 is 18.0 Å². The van der Waals surface area contributed by atoms with Crippen molar-refractivity contribution in [3.8, 4) is 0 Å². The number of likely N-dealkylation sites (tertiary alicyclic amines) is 1. The molecule has 64 heavy (non-hydrogen) atoms. The number of aliphatic carboxylic acids is 2. The van der Waals surface area contributed by atoms with Gasteiger partial charge in [-0.1, -0.05) is 47.5 Å². The van der Waals surface area contributed by atoms with Crippen LogP contribution >= 0.6 is 0 Å². The molecule has 2 heterocycles. The standard InChI is InChI=1S/C27H36N2O3.C16H21NO2.C11H15NO/c1-16-2-3-22-21(14-24(30)31)15-27(23(22)8-16)4-6-29(7-5-27)26(32)28-25-19-10-17-9-18(12-19)13-20(25)11-17;1-11-2-3-13-12(9-15(18)19)10-16(14(13)8-11)4-6-17-7-5-16;13-6-12-11-9-2-7-1-8(4-9)5-10(11)3-7/h2-3,8,17-21,25H,4-7,9-15H2,1H3,(H,28,32)(H,30,31);2-3,8,12,17H,4-7,9-10H2,1H3,(H,18,19);7-11H,1-5H2. The van der Waals surface area contributed by atoms with E-state index in [2.05, 4.69) is 65.9 Å². The van der Waals surface area contributed by atoms with E-state index >= 15 is 0 Å². The fourth-order valence-corrected chi connectivity index (χ4v) is 16.7. The molecule has 4 N–H and O–H groups in total. The summed E-state index contributed by atoms with van der Waals surface area (Å²) in [5.74, 6) is 5.56. The van der Waals surface area contributed by atoms with Crippen LogP contribution in [0.25, 0.3) is 0 Å². The Bertz CT molecular complexity index is 2090. The minimum atomic E-state index is -0.717. The van der Waals surface area contributed by atoms with E-state index < -0.39 is 11.9 Å². The second kappa shape index (κ2) is 17.7. The van der Waals surface area contributed by atoms with Gasteiger partial charge in [-0.05, 0) is 222 Å². The molecule has 10 heteroatoms. The number of carboxylic acid groups (broad SMARTS) is 2. The molecular weight excluding hydrogens is 801 g/mol. The van der Waals surface area contributed by atoms with E-state index in [9.17, 15) is 24.3 Å². The van der Waals surface area contributed by atoms with Crippen LogP contribution in [0.1, 0.15) is 161 Å². The largest absolute Gasteiger partial charge is 0.481 e. The van der Waals surface area contributed by atoms with Crippen molar-refractivity contribution in [3.05, 3.63) is 69.8 Å². The summed E-state index contributed by atoms with van der Waals surface area (Å²) in [6.07, 6.45) is 21.8. The first-order valence-electron chi connectivity index (χ1n) is 25.4. The highest BCUT2D eigenvalue weighted by Crippen LogP contribution is 2.57. The van der Waals surface area contributed by atoms with Gasteiger partial charge in [-0.25, -0.2) is 14.6 Å². The number of hydrogen-bond donors (Lipinski definition) is 4. The Kier molecular flexibility index (Phi) is 12.1. The van der Waals surface area contributed by atoms with Crippen LogP contribution in [0.5, 0.6) is 0 Å². The molecule has 0 aromatic heterocycles. The molecule has 344 valence electrons.